The summed E-state index contributed by atoms with van der Waals surface area (Å²) in [4.78, 5) is 4.74. The Balaban J connectivity index is 2.47. The van der Waals surface area contributed by atoms with Crippen molar-refractivity contribution in [2.75, 3.05) is 0 Å². The zero-order valence-corrected chi connectivity index (χ0v) is 15.2. The molecule has 1 heterocycles. The quantitative estimate of drug-likeness (QED) is 0.899. The molecule has 22 heavy (non-hydrogen) atoms. The van der Waals surface area contributed by atoms with Crippen molar-refractivity contribution in [3.8, 4) is 11.3 Å². The fourth-order valence-electron chi connectivity index (χ4n) is 2.04. The maximum atomic E-state index is 12.7. The highest BCUT2D eigenvalue weighted by Crippen LogP contribution is 2.27. The third-order valence-corrected chi connectivity index (χ3v) is 6.30. The first kappa shape index (κ1) is 17.1. The molecular weight excluding hydrogens is 316 g/mol. The standard InChI is InChI=1S/C16H22N2O2S2/c1-6-16(4,5)18-22(19,20)15-9-13(8-7-11(15)2)14-10-21-12(3)17-14/h7-10,18H,6H2,1-5H3. The lowest BCUT2D eigenvalue weighted by Gasteiger charge is -2.24. The second-order valence-electron chi connectivity index (χ2n) is 6.07. The van der Waals surface area contributed by atoms with Crippen LogP contribution in [0.15, 0.2) is 28.5 Å². The van der Waals surface area contributed by atoms with Crippen molar-refractivity contribution >= 4 is 21.4 Å². The first-order valence-corrected chi connectivity index (χ1v) is 9.58. The van der Waals surface area contributed by atoms with E-state index in [2.05, 4.69) is 9.71 Å². The molecule has 0 bridgehead atoms. The van der Waals surface area contributed by atoms with Crippen molar-refractivity contribution in [3.63, 3.8) is 0 Å². The predicted octanol–water partition coefficient (Wildman–Crippen LogP) is 3.89. The number of aryl methyl sites for hydroxylation is 2. The van der Waals surface area contributed by atoms with E-state index < -0.39 is 15.6 Å². The number of rotatable bonds is 5. The van der Waals surface area contributed by atoms with Gasteiger partial charge in [0.25, 0.3) is 0 Å². The lowest BCUT2D eigenvalue weighted by atomic mass is 10.0. The minimum atomic E-state index is -3.56. The van der Waals surface area contributed by atoms with Crippen molar-refractivity contribution in [1.82, 2.24) is 9.71 Å². The van der Waals surface area contributed by atoms with Gasteiger partial charge in [0.1, 0.15) is 0 Å². The predicted molar refractivity (Wildman–Crippen MR) is 91.7 cm³/mol. The molecule has 4 nitrogen and oxygen atoms in total. The molecule has 2 rings (SSSR count). The zero-order valence-electron chi connectivity index (χ0n) is 13.6. The Kier molecular flexibility index (Phi) is 4.75. The van der Waals surface area contributed by atoms with E-state index in [0.29, 0.717) is 4.90 Å². The molecule has 0 saturated carbocycles. The number of hydrogen-bond acceptors (Lipinski definition) is 4. The van der Waals surface area contributed by atoms with Crippen LogP contribution in [0.2, 0.25) is 0 Å². The Labute approximate surface area is 136 Å². The van der Waals surface area contributed by atoms with Crippen molar-refractivity contribution in [2.45, 2.75) is 51.5 Å². The average Bonchev–Trinajstić information content (AvgIpc) is 2.84. The smallest absolute Gasteiger partial charge is 0.241 e. The minimum Gasteiger partial charge on any atom is -0.242 e. The molecule has 0 unspecified atom stereocenters. The SMILES string of the molecule is CCC(C)(C)NS(=O)(=O)c1cc(-c2csc(C)n2)ccc1C. The van der Waals surface area contributed by atoms with E-state index in [1.54, 1.807) is 17.4 Å². The summed E-state index contributed by atoms with van der Waals surface area (Å²) in [6, 6.07) is 5.45. The molecule has 0 fully saturated rings. The molecule has 120 valence electrons. The van der Waals surface area contributed by atoms with Crippen LogP contribution in [0.3, 0.4) is 0 Å². The number of aromatic nitrogens is 1. The molecule has 1 aromatic heterocycles. The van der Waals surface area contributed by atoms with Gasteiger partial charge < -0.3 is 0 Å². The number of nitrogens with zero attached hydrogens (tertiary/aromatic N) is 1. The van der Waals surface area contributed by atoms with Crippen LogP contribution in [0.25, 0.3) is 11.3 Å². The molecule has 1 aromatic carbocycles. The summed E-state index contributed by atoms with van der Waals surface area (Å²) in [7, 11) is -3.56. The molecule has 0 aliphatic rings. The van der Waals surface area contributed by atoms with Gasteiger partial charge in [0.05, 0.1) is 15.6 Å². The van der Waals surface area contributed by atoms with Crippen molar-refractivity contribution in [2.24, 2.45) is 0 Å². The van der Waals surface area contributed by atoms with Crippen LogP contribution in [-0.2, 0) is 10.0 Å². The van der Waals surface area contributed by atoms with Crippen LogP contribution >= 0.6 is 11.3 Å². The number of sulfonamides is 1. The fourth-order valence-corrected chi connectivity index (χ4v) is 4.41. The molecule has 0 aliphatic heterocycles. The summed E-state index contributed by atoms with van der Waals surface area (Å²) in [5.74, 6) is 0. The number of nitrogens with one attached hydrogen (secondary N) is 1. The van der Waals surface area contributed by atoms with Crippen LogP contribution < -0.4 is 4.72 Å². The van der Waals surface area contributed by atoms with Gasteiger partial charge in [-0.2, -0.15) is 0 Å². The lowest BCUT2D eigenvalue weighted by Crippen LogP contribution is -2.42. The molecular formula is C16H22N2O2S2. The van der Waals surface area contributed by atoms with Crippen molar-refractivity contribution in [1.29, 1.82) is 0 Å². The van der Waals surface area contributed by atoms with Crippen LogP contribution in [-0.4, -0.2) is 18.9 Å². The van der Waals surface area contributed by atoms with Gasteiger partial charge >= 0.3 is 0 Å². The van der Waals surface area contributed by atoms with E-state index in [0.717, 1.165) is 28.2 Å². The fraction of sp³-hybridized carbons (Fsp3) is 0.438. The molecule has 2 aromatic rings. The summed E-state index contributed by atoms with van der Waals surface area (Å²) in [6.45, 7) is 9.47. The van der Waals surface area contributed by atoms with Crippen LogP contribution in [0.4, 0.5) is 0 Å². The minimum absolute atomic E-state index is 0.317. The first-order chi connectivity index (χ1) is 10.1. The Morgan fingerprint density at radius 3 is 2.50 bits per heavy atom. The van der Waals surface area contributed by atoms with Gasteiger partial charge in [-0.3, -0.25) is 0 Å². The van der Waals surface area contributed by atoms with Gasteiger partial charge in [0.15, 0.2) is 0 Å². The molecule has 0 amide bonds. The molecule has 1 N–H and O–H groups in total. The van der Waals surface area contributed by atoms with Gasteiger partial charge in [-0.15, -0.1) is 11.3 Å². The lowest BCUT2D eigenvalue weighted by molar-refractivity contribution is 0.439. The second kappa shape index (κ2) is 6.10. The van der Waals surface area contributed by atoms with Gasteiger partial charge in [-0.05, 0) is 45.7 Å². The molecule has 0 atom stereocenters. The maximum Gasteiger partial charge on any atom is 0.241 e. The highest BCUT2D eigenvalue weighted by Gasteiger charge is 2.26. The monoisotopic (exact) mass is 338 g/mol. The number of benzene rings is 1. The molecule has 6 heteroatoms. The Bertz CT molecular complexity index is 777. The third kappa shape index (κ3) is 3.74. The summed E-state index contributed by atoms with van der Waals surface area (Å²) in [5.41, 5.74) is 1.90. The van der Waals surface area contributed by atoms with E-state index in [-0.39, 0.29) is 0 Å². The van der Waals surface area contributed by atoms with E-state index in [9.17, 15) is 8.42 Å². The van der Waals surface area contributed by atoms with Gasteiger partial charge in [-0.1, -0.05) is 19.1 Å². The van der Waals surface area contributed by atoms with E-state index in [4.69, 9.17) is 0 Å². The Morgan fingerprint density at radius 2 is 1.95 bits per heavy atom. The average molecular weight is 338 g/mol. The van der Waals surface area contributed by atoms with Crippen LogP contribution in [0.1, 0.15) is 37.8 Å². The van der Waals surface area contributed by atoms with Crippen LogP contribution in [0, 0.1) is 13.8 Å². The molecule has 0 spiro atoms. The van der Waals surface area contributed by atoms with Gasteiger partial charge in [-0.25, -0.2) is 18.1 Å². The number of thiazole rings is 1. The molecule has 0 radical (unpaired) electrons. The topological polar surface area (TPSA) is 59.1 Å². The maximum absolute atomic E-state index is 12.7. The summed E-state index contributed by atoms with van der Waals surface area (Å²) >= 11 is 1.55. The summed E-state index contributed by atoms with van der Waals surface area (Å²) in [5, 5.41) is 2.91. The zero-order chi connectivity index (χ0) is 16.5. The van der Waals surface area contributed by atoms with Gasteiger partial charge in [0.2, 0.25) is 10.0 Å². The normalized spacial score (nSPS) is 12.6. The largest absolute Gasteiger partial charge is 0.242 e. The van der Waals surface area contributed by atoms with Crippen LogP contribution in [0.5, 0.6) is 0 Å². The Hall–Kier alpha value is -1.24. The Morgan fingerprint density at radius 1 is 1.27 bits per heavy atom. The third-order valence-electron chi connectivity index (χ3n) is 3.69. The van der Waals surface area contributed by atoms with Crippen molar-refractivity contribution < 1.29 is 8.42 Å². The van der Waals surface area contributed by atoms with Gasteiger partial charge in [0, 0.05) is 16.5 Å². The molecule has 0 saturated heterocycles. The van der Waals surface area contributed by atoms with E-state index in [1.807, 2.05) is 52.1 Å². The second-order valence-corrected chi connectivity index (χ2v) is 8.79. The number of hydrogen-bond donors (Lipinski definition) is 1. The van der Waals surface area contributed by atoms with E-state index >= 15 is 0 Å². The first-order valence-electron chi connectivity index (χ1n) is 7.22. The highest BCUT2D eigenvalue weighted by molar-refractivity contribution is 7.89. The summed E-state index contributed by atoms with van der Waals surface area (Å²) < 4.78 is 28.2. The summed E-state index contributed by atoms with van der Waals surface area (Å²) in [6.07, 6.45) is 0.719. The van der Waals surface area contributed by atoms with Crippen molar-refractivity contribution in [3.05, 3.63) is 34.2 Å². The van der Waals surface area contributed by atoms with E-state index in [1.165, 1.54) is 0 Å². The highest BCUT2D eigenvalue weighted by atomic mass is 32.2. The molecule has 0 aliphatic carbocycles.